The number of anilines is 1. The maximum Gasteiger partial charge on any atom is 0.238 e. The molecule has 106 valence electrons. The molecule has 1 atom stereocenters. The van der Waals surface area contributed by atoms with Crippen molar-refractivity contribution in [3.05, 3.63) is 30.1 Å². The molecular weight excluding hydrogens is 251 g/mol. The van der Waals surface area contributed by atoms with Gasteiger partial charge in [0.2, 0.25) is 5.91 Å². The number of rotatable bonds is 8. The number of ether oxygens (including phenoxy) is 2. The van der Waals surface area contributed by atoms with Crippen molar-refractivity contribution in [3.63, 3.8) is 0 Å². The summed E-state index contributed by atoms with van der Waals surface area (Å²) in [6.45, 7) is 1.13. The van der Waals surface area contributed by atoms with Crippen LogP contribution in [-0.2, 0) is 14.3 Å². The van der Waals surface area contributed by atoms with Crippen molar-refractivity contribution in [2.24, 2.45) is 0 Å². The second kappa shape index (κ2) is 8.58. The van der Waals surface area contributed by atoms with Crippen LogP contribution in [0.2, 0.25) is 0 Å². The summed E-state index contributed by atoms with van der Waals surface area (Å²) < 4.78 is 22.8. The number of methoxy groups -OCH3 is 2. The highest BCUT2D eigenvalue weighted by atomic mass is 19.1. The normalized spacial score (nSPS) is 12.2. The number of benzene rings is 1. The summed E-state index contributed by atoms with van der Waals surface area (Å²) >= 11 is 0. The Hall–Kier alpha value is -1.50. The SMILES string of the molecule is COCC(CNCC(=O)Nc1ccc(F)cc1)OC. The van der Waals surface area contributed by atoms with Crippen LogP contribution in [0.3, 0.4) is 0 Å². The quantitative estimate of drug-likeness (QED) is 0.740. The molecule has 0 bridgehead atoms. The fourth-order valence-electron chi connectivity index (χ4n) is 1.48. The number of carbonyl (C=O) groups excluding carboxylic acids is 1. The maximum atomic E-state index is 12.7. The molecule has 0 spiro atoms. The zero-order chi connectivity index (χ0) is 14.1. The van der Waals surface area contributed by atoms with E-state index in [1.165, 1.54) is 24.3 Å². The highest BCUT2D eigenvalue weighted by Crippen LogP contribution is 2.07. The highest BCUT2D eigenvalue weighted by Gasteiger charge is 2.07. The molecule has 2 N–H and O–H groups in total. The molecule has 1 rings (SSSR count). The molecule has 0 aromatic heterocycles. The van der Waals surface area contributed by atoms with Crippen LogP contribution in [0.15, 0.2) is 24.3 Å². The lowest BCUT2D eigenvalue weighted by Gasteiger charge is -2.14. The highest BCUT2D eigenvalue weighted by molar-refractivity contribution is 5.92. The molecule has 0 saturated heterocycles. The molecule has 0 saturated carbocycles. The van der Waals surface area contributed by atoms with Gasteiger partial charge in [0, 0.05) is 26.5 Å². The van der Waals surface area contributed by atoms with Crippen LogP contribution >= 0.6 is 0 Å². The molecule has 1 aromatic carbocycles. The van der Waals surface area contributed by atoms with Gasteiger partial charge in [0.25, 0.3) is 0 Å². The molecule has 0 fully saturated rings. The van der Waals surface area contributed by atoms with Crippen LogP contribution in [0.5, 0.6) is 0 Å². The Kier molecular flexibility index (Phi) is 7.02. The molecule has 0 heterocycles. The molecular formula is C13H19FN2O3. The predicted octanol–water partition coefficient (Wildman–Crippen LogP) is 1.02. The van der Waals surface area contributed by atoms with Gasteiger partial charge in [-0.05, 0) is 24.3 Å². The average molecular weight is 270 g/mol. The summed E-state index contributed by atoms with van der Waals surface area (Å²) in [5, 5.41) is 5.61. The Bertz CT molecular complexity index is 384. The summed E-state index contributed by atoms with van der Waals surface area (Å²) in [5.41, 5.74) is 0.563. The van der Waals surface area contributed by atoms with Gasteiger partial charge in [-0.3, -0.25) is 4.79 Å². The third-order valence-electron chi connectivity index (χ3n) is 2.47. The smallest absolute Gasteiger partial charge is 0.238 e. The Morgan fingerprint density at radius 1 is 1.32 bits per heavy atom. The van der Waals surface area contributed by atoms with Crippen molar-refractivity contribution in [2.45, 2.75) is 6.10 Å². The zero-order valence-corrected chi connectivity index (χ0v) is 11.1. The number of hydrogen-bond donors (Lipinski definition) is 2. The minimum Gasteiger partial charge on any atom is -0.382 e. The summed E-state index contributed by atoms with van der Waals surface area (Å²) in [5.74, 6) is -0.530. The van der Waals surface area contributed by atoms with Crippen molar-refractivity contribution < 1.29 is 18.7 Å². The molecule has 5 nitrogen and oxygen atoms in total. The molecule has 0 aliphatic carbocycles. The Morgan fingerprint density at radius 2 is 2.00 bits per heavy atom. The lowest BCUT2D eigenvalue weighted by atomic mass is 10.3. The average Bonchev–Trinajstić information content (AvgIpc) is 2.40. The van der Waals surface area contributed by atoms with Gasteiger partial charge in [-0.25, -0.2) is 4.39 Å². The summed E-state index contributed by atoms with van der Waals surface area (Å²) in [6, 6.07) is 5.61. The van der Waals surface area contributed by atoms with E-state index >= 15 is 0 Å². The van der Waals surface area contributed by atoms with Crippen LogP contribution in [-0.4, -0.2) is 45.9 Å². The van der Waals surface area contributed by atoms with Crippen molar-refractivity contribution in [1.82, 2.24) is 5.32 Å². The van der Waals surface area contributed by atoms with Gasteiger partial charge in [-0.2, -0.15) is 0 Å². The molecule has 1 unspecified atom stereocenters. The predicted molar refractivity (Wildman–Crippen MR) is 70.6 cm³/mol. The Balaban J connectivity index is 2.26. The van der Waals surface area contributed by atoms with E-state index < -0.39 is 0 Å². The summed E-state index contributed by atoms with van der Waals surface area (Å²) in [6.07, 6.45) is -0.0939. The monoisotopic (exact) mass is 270 g/mol. The molecule has 6 heteroatoms. The van der Waals surface area contributed by atoms with Crippen LogP contribution in [0.25, 0.3) is 0 Å². The Labute approximate surface area is 112 Å². The molecule has 0 radical (unpaired) electrons. The van der Waals surface area contributed by atoms with E-state index in [4.69, 9.17) is 9.47 Å². The van der Waals surface area contributed by atoms with Crippen molar-refractivity contribution in [1.29, 1.82) is 0 Å². The molecule has 1 amide bonds. The van der Waals surface area contributed by atoms with E-state index in [0.717, 1.165) is 0 Å². The minimum atomic E-state index is -0.335. The first-order valence-corrected chi connectivity index (χ1v) is 5.93. The molecule has 1 aromatic rings. The standard InChI is InChI=1S/C13H19FN2O3/c1-18-9-12(19-2)7-15-8-13(17)16-11-5-3-10(14)4-6-11/h3-6,12,15H,7-9H2,1-2H3,(H,16,17). The number of nitrogens with one attached hydrogen (secondary N) is 2. The first-order chi connectivity index (χ1) is 9.15. The maximum absolute atomic E-state index is 12.7. The fraction of sp³-hybridized carbons (Fsp3) is 0.462. The van der Waals surface area contributed by atoms with Gasteiger partial charge in [-0.1, -0.05) is 0 Å². The zero-order valence-electron chi connectivity index (χ0n) is 11.1. The summed E-state index contributed by atoms with van der Waals surface area (Å²) in [4.78, 5) is 11.6. The van der Waals surface area contributed by atoms with Crippen LogP contribution < -0.4 is 10.6 Å². The Morgan fingerprint density at radius 3 is 2.58 bits per heavy atom. The third-order valence-corrected chi connectivity index (χ3v) is 2.47. The number of amides is 1. The van der Waals surface area contributed by atoms with Crippen LogP contribution in [0.1, 0.15) is 0 Å². The van der Waals surface area contributed by atoms with E-state index in [-0.39, 0.29) is 24.4 Å². The van der Waals surface area contributed by atoms with Crippen LogP contribution in [0.4, 0.5) is 10.1 Å². The minimum absolute atomic E-state index is 0.0939. The third kappa shape index (κ3) is 6.28. The van der Waals surface area contributed by atoms with Crippen molar-refractivity contribution in [2.75, 3.05) is 39.2 Å². The van der Waals surface area contributed by atoms with Gasteiger partial charge in [0.15, 0.2) is 0 Å². The lowest BCUT2D eigenvalue weighted by Crippen LogP contribution is -2.36. The van der Waals surface area contributed by atoms with Gasteiger partial charge >= 0.3 is 0 Å². The topological polar surface area (TPSA) is 59.6 Å². The van der Waals surface area contributed by atoms with Crippen molar-refractivity contribution in [3.8, 4) is 0 Å². The van der Waals surface area contributed by atoms with E-state index in [1.54, 1.807) is 14.2 Å². The fourth-order valence-corrected chi connectivity index (χ4v) is 1.48. The van der Waals surface area contributed by atoms with E-state index in [9.17, 15) is 9.18 Å². The lowest BCUT2D eigenvalue weighted by molar-refractivity contribution is -0.115. The van der Waals surface area contributed by atoms with Gasteiger partial charge < -0.3 is 20.1 Å². The van der Waals surface area contributed by atoms with Gasteiger partial charge in [0.1, 0.15) is 5.82 Å². The van der Waals surface area contributed by atoms with Gasteiger partial charge in [-0.15, -0.1) is 0 Å². The van der Waals surface area contributed by atoms with E-state index in [1.807, 2.05) is 0 Å². The van der Waals surface area contributed by atoms with Crippen molar-refractivity contribution >= 4 is 11.6 Å². The first kappa shape index (κ1) is 15.6. The molecule has 19 heavy (non-hydrogen) atoms. The number of hydrogen-bond acceptors (Lipinski definition) is 4. The first-order valence-electron chi connectivity index (χ1n) is 5.93. The largest absolute Gasteiger partial charge is 0.382 e. The second-order valence-electron chi connectivity index (χ2n) is 4.00. The molecule has 0 aliphatic rings. The number of halogens is 1. The van der Waals surface area contributed by atoms with E-state index in [2.05, 4.69) is 10.6 Å². The number of carbonyl (C=O) groups is 1. The second-order valence-corrected chi connectivity index (χ2v) is 4.00. The van der Waals surface area contributed by atoms with Gasteiger partial charge in [0.05, 0.1) is 19.3 Å². The van der Waals surface area contributed by atoms with E-state index in [0.29, 0.717) is 18.8 Å². The van der Waals surface area contributed by atoms with Crippen LogP contribution in [0, 0.1) is 5.82 Å². The summed E-state index contributed by atoms with van der Waals surface area (Å²) in [7, 11) is 3.18. The molecule has 0 aliphatic heterocycles.